The van der Waals surface area contributed by atoms with Gasteiger partial charge in [-0.3, -0.25) is 9.59 Å². The summed E-state index contributed by atoms with van der Waals surface area (Å²) in [4.78, 5) is 45.9. The molecular formula is C16H14F6O6. The number of hydrogen-bond donors (Lipinski definition) is 0. The van der Waals surface area contributed by atoms with Crippen molar-refractivity contribution in [2.24, 2.45) is 0 Å². The summed E-state index contributed by atoms with van der Waals surface area (Å²) >= 11 is 0. The molecule has 0 aromatic carbocycles. The number of carbonyl (C=O) groups is 4. The third kappa shape index (κ3) is 8.35. The maximum atomic E-state index is 12.9. The monoisotopic (exact) mass is 416 g/mol. The summed E-state index contributed by atoms with van der Waals surface area (Å²) in [5, 5.41) is 0. The Morgan fingerprint density at radius 1 is 0.643 bits per heavy atom. The molecule has 0 saturated heterocycles. The molecule has 0 amide bonds. The average Bonchev–Trinajstić information content (AvgIpc) is 2.55. The molecular weight excluding hydrogens is 402 g/mol. The highest BCUT2D eigenvalue weighted by Gasteiger charge is 2.43. The third-order valence-electron chi connectivity index (χ3n) is 3.36. The number of hydrogen-bond acceptors (Lipinski definition) is 6. The number of ketones is 2. The molecule has 28 heavy (non-hydrogen) atoms. The number of ether oxygens (including phenoxy) is 2. The second-order valence-electron chi connectivity index (χ2n) is 5.61. The Balaban J connectivity index is 3.05. The smallest absolute Gasteiger partial charge is 0.425 e. The van der Waals surface area contributed by atoms with Crippen LogP contribution < -0.4 is 0 Å². The molecule has 1 rings (SSSR count). The van der Waals surface area contributed by atoms with Crippen LogP contribution in [-0.2, 0) is 28.7 Å². The van der Waals surface area contributed by atoms with E-state index in [1.165, 1.54) is 0 Å². The Labute approximate surface area is 154 Å². The minimum atomic E-state index is -5.00. The summed E-state index contributed by atoms with van der Waals surface area (Å²) in [7, 11) is 0. The maximum Gasteiger partial charge on any atom is 0.425 e. The SMILES string of the molecule is O=C1/C=C/C(=O)O[C@H](C(F)(F)F)CCC(=O)/C=C/C(=O)O[C@H](C(F)(F)F)CC1. The number of allylic oxidation sites excluding steroid dienone is 2. The van der Waals surface area contributed by atoms with Crippen LogP contribution in [0.3, 0.4) is 0 Å². The molecule has 0 unspecified atom stereocenters. The van der Waals surface area contributed by atoms with Gasteiger partial charge in [0, 0.05) is 37.8 Å². The number of cyclic esters (lactones) is 2. The minimum absolute atomic E-state index is 0.337. The molecule has 1 aliphatic heterocycles. The van der Waals surface area contributed by atoms with Crippen molar-refractivity contribution in [2.45, 2.75) is 50.2 Å². The van der Waals surface area contributed by atoms with Crippen molar-refractivity contribution in [1.82, 2.24) is 0 Å². The number of alkyl halides is 6. The van der Waals surface area contributed by atoms with Crippen LogP contribution in [0.15, 0.2) is 24.3 Å². The van der Waals surface area contributed by atoms with Crippen LogP contribution in [0.5, 0.6) is 0 Å². The first-order valence-electron chi connectivity index (χ1n) is 7.75. The van der Waals surface area contributed by atoms with Crippen molar-refractivity contribution in [1.29, 1.82) is 0 Å². The van der Waals surface area contributed by atoms with E-state index in [1.807, 2.05) is 0 Å². The van der Waals surface area contributed by atoms with Crippen LogP contribution in [0.25, 0.3) is 0 Å². The van der Waals surface area contributed by atoms with Crippen molar-refractivity contribution in [3.63, 3.8) is 0 Å². The van der Waals surface area contributed by atoms with E-state index in [0.29, 0.717) is 24.3 Å². The zero-order valence-electron chi connectivity index (χ0n) is 14.0. The summed E-state index contributed by atoms with van der Waals surface area (Å²) < 4.78 is 85.4. The second kappa shape index (κ2) is 9.51. The second-order valence-corrected chi connectivity index (χ2v) is 5.61. The van der Waals surface area contributed by atoms with Gasteiger partial charge in [-0.1, -0.05) is 0 Å². The highest BCUT2D eigenvalue weighted by Crippen LogP contribution is 2.28. The Morgan fingerprint density at radius 2 is 0.964 bits per heavy atom. The van der Waals surface area contributed by atoms with Gasteiger partial charge in [0.05, 0.1) is 0 Å². The van der Waals surface area contributed by atoms with Crippen molar-refractivity contribution >= 4 is 23.5 Å². The minimum Gasteiger partial charge on any atom is -0.450 e. The molecule has 6 nitrogen and oxygen atoms in total. The number of rotatable bonds is 0. The van der Waals surface area contributed by atoms with Crippen LogP contribution >= 0.6 is 0 Å². The first kappa shape index (κ1) is 23.4. The molecule has 0 radical (unpaired) electrons. The lowest BCUT2D eigenvalue weighted by Gasteiger charge is -2.20. The van der Waals surface area contributed by atoms with Crippen molar-refractivity contribution in [3.05, 3.63) is 24.3 Å². The molecule has 156 valence electrons. The summed E-state index contributed by atoms with van der Waals surface area (Å²) in [6.45, 7) is 0. The molecule has 12 heteroatoms. The van der Waals surface area contributed by atoms with Crippen LogP contribution in [0.4, 0.5) is 26.3 Å². The summed E-state index contributed by atoms with van der Waals surface area (Å²) in [5.41, 5.74) is 0. The molecule has 0 bridgehead atoms. The Bertz CT molecular complexity index is 618. The van der Waals surface area contributed by atoms with Crippen molar-refractivity contribution < 1.29 is 55.0 Å². The van der Waals surface area contributed by atoms with E-state index in [9.17, 15) is 45.5 Å². The van der Waals surface area contributed by atoms with Gasteiger partial charge in [-0.05, 0) is 12.2 Å². The van der Waals surface area contributed by atoms with Gasteiger partial charge in [-0.15, -0.1) is 0 Å². The Kier molecular flexibility index (Phi) is 7.94. The highest BCUT2D eigenvalue weighted by atomic mass is 19.4. The van der Waals surface area contributed by atoms with E-state index in [1.54, 1.807) is 0 Å². The highest BCUT2D eigenvalue weighted by molar-refractivity contribution is 5.97. The molecule has 0 N–H and O–H groups in total. The molecule has 0 spiro atoms. The fourth-order valence-corrected chi connectivity index (χ4v) is 1.97. The molecule has 0 fully saturated rings. The summed E-state index contributed by atoms with van der Waals surface area (Å²) in [6.07, 6.45) is -17.3. The van der Waals surface area contributed by atoms with E-state index in [-0.39, 0.29) is 0 Å². The zero-order valence-corrected chi connectivity index (χ0v) is 14.0. The molecule has 2 atom stereocenters. The van der Waals surface area contributed by atoms with Gasteiger partial charge in [0.15, 0.2) is 23.8 Å². The number of esters is 2. The molecule has 1 aliphatic rings. The fourth-order valence-electron chi connectivity index (χ4n) is 1.97. The van der Waals surface area contributed by atoms with Gasteiger partial charge in [0.1, 0.15) is 0 Å². The number of halogens is 6. The van der Waals surface area contributed by atoms with E-state index in [0.717, 1.165) is 0 Å². The molecule has 0 aromatic heterocycles. The Hall–Kier alpha value is -2.66. The lowest BCUT2D eigenvalue weighted by Crippen LogP contribution is -2.34. The number of carbonyl (C=O) groups excluding carboxylic acids is 4. The predicted molar refractivity (Wildman–Crippen MR) is 78.6 cm³/mol. The van der Waals surface area contributed by atoms with E-state index in [4.69, 9.17) is 0 Å². The Morgan fingerprint density at radius 3 is 1.25 bits per heavy atom. The average molecular weight is 416 g/mol. The quantitative estimate of drug-likeness (QED) is 0.446. The van der Waals surface area contributed by atoms with Crippen LogP contribution in [0.2, 0.25) is 0 Å². The van der Waals surface area contributed by atoms with E-state index < -0.39 is 73.7 Å². The normalized spacial score (nSPS) is 26.4. The predicted octanol–water partition coefficient (Wildman–Crippen LogP) is 2.76. The van der Waals surface area contributed by atoms with Crippen LogP contribution in [-0.4, -0.2) is 48.1 Å². The molecule has 0 aliphatic carbocycles. The van der Waals surface area contributed by atoms with Crippen LogP contribution in [0.1, 0.15) is 25.7 Å². The zero-order chi connectivity index (χ0) is 21.5. The third-order valence-corrected chi connectivity index (χ3v) is 3.36. The topological polar surface area (TPSA) is 86.7 Å². The van der Waals surface area contributed by atoms with Gasteiger partial charge in [0.25, 0.3) is 0 Å². The molecule has 0 saturated carbocycles. The van der Waals surface area contributed by atoms with Gasteiger partial charge in [-0.2, -0.15) is 26.3 Å². The van der Waals surface area contributed by atoms with Crippen molar-refractivity contribution in [2.75, 3.05) is 0 Å². The lowest BCUT2D eigenvalue weighted by atomic mass is 10.1. The maximum absolute atomic E-state index is 12.9. The molecule has 1 heterocycles. The lowest BCUT2D eigenvalue weighted by molar-refractivity contribution is -0.220. The van der Waals surface area contributed by atoms with Gasteiger partial charge in [0.2, 0.25) is 0 Å². The molecule has 0 aromatic rings. The standard InChI is InChI=1S/C16H14F6O6/c17-15(18,19)11-5-1-9(23)3-7-13(25)28-12(16(20,21)22)6-2-10(24)4-8-14(26)27-11/h3-4,7-8,11-12H,1-2,5-6H2/b7-3+,8-4+/t11-,12-/m0/s1. The largest absolute Gasteiger partial charge is 0.450 e. The van der Waals surface area contributed by atoms with E-state index >= 15 is 0 Å². The summed E-state index contributed by atoms with van der Waals surface area (Å²) in [6, 6.07) is 0. The first-order chi connectivity index (χ1) is 12.8. The summed E-state index contributed by atoms with van der Waals surface area (Å²) in [5.74, 6) is -5.15. The fraction of sp³-hybridized carbons (Fsp3) is 0.500. The van der Waals surface area contributed by atoms with E-state index in [2.05, 4.69) is 9.47 Å². The first-order valence-corrected chi connectivity index (χ1v) is 7.75. The van der Waals surface area contributed by atoms with Gasteiger partial charge < -0.3 is 9.47 Å². The van der Waals surface area contributed by atoms with Gasteiger partial charge in [-0.25, -0.2) is 9.59 Å². The van der Waals surface area contributed by atoms with Crippen molar-refractivity contribution in [3.8, 4) is 0 Å². The van der Waals surface area contributed by atoms with Crippen LogP contribution in [0, 0.1) is 0 Å². The van der Waals surface area contributed by atoms with Gasteiger partial charge >= 0.3 is 24.3 Å².